The van der Waals surface area contributed by atoms with Crippen LogP contribution in [0, 0.1) is 17.8 Å². The number of benzene rings is 1. The maximum Gasteiger partial charge on any atom is 0.312 e. The van der Waals surface area contributed by atoms with Gasteiger partial charge in [0, 0.05) is 17.9 Å². The normalized spacial score (nSPS) is 31.0. The topological polar surface area (TPSA) is 96.4 Å². The summed E-state index contributed by atoms with van der Waals surface area (Å²) < 4.78 is 11.9. The van der Waals surface area contributed by atoms with Crippen molar-refractivity contribution in [3.05, 3.63) is 61.2 Å². The third-order valence-corrected chi connectivity index (χ3v) is 9.14. The van der Waals surface area contributed by atoms with Gasteiger partial charge >= 0.3 is 5.97 Å². The highest BCUT2D eigenvalue weighted by Crippen LogP contribution is 2.61. The first-order chi connectivity index (χ1) is 18.2. The Kier molecular flexibility index (Phi) is 8.79. The number of hydrogen-bond acceptors (Lipinski definition) is 6. The Balaban J connectivity index is 1.80. The molecule has 3 fully saturated rings. The van der Waals surface area contributed by atoms with Gasteiger partial charge in [-0.2, -0.15) is 0 Å². The maximum atomic E-state index is 14.5. The van der Waals surface area contributed by atoms with Crippen molar-refractivity contribution in [2.24, 2.45) is 17.8 Å². The van der Waals surface area contributed by atoms with Gasteiger partial charge in [-0.25, -0.2) is 0 Å². The SMILES string of the molecule is C=CCOC(=O)[C@H]1[C@@H]2OC3(CC2Br)C(C(=O)N(CC=C)Cc2ccccc2)N([C@@H](CO)[C@@H](C)CC)C(=O)[C@H]13. The molecule has 3 heterocycles. The molecule has 3 aliphatic heterocycles. The largest absolute Gasteiger partial charge is 0.461 e. The molecule has 3 unspecified atom stereocenters. The molecule has 0 saturated carbocycles. The number of hydrogen-bond donors (Lipinski definition) is 1. The first-order valence-corrected chi connectivity index (χ1v) is 14.1. The van der Waals surface area contributed by atoms with Crippen molar-refractivity contribution >= 4 is 33.7 Å². The molecule has 3 saturated heterocycles. The van der Waals surface area contributed by atoms with Crippen LogP contribution in [-0.2, 0) is 30.4 Å². The summed E-state index contributed by atoms with van der Waals surface area (Å²) in [5.41, 5.74) is -0.281. The Labute approximate surface area is 232 Å². The van der Waals surface area contributed by atoms with E-state index < -0.39 is 41.6 Å². The monoisotopic (exact) mass is 588 g/mol. The average Bonchev–Trinajstić information content (AvgIpc) is 3.51. The molecule has 8 nitrogen and oxygen atoms in total. The molecule has 0 aromatic heterocycles. The smallest absolute Gasteiger partial charge is 0.312 e. The van der Waals surface area contributed by atoms with Gasteiger partial charge in [0.05, 0.1) is 30.6 Å². The molecule has 1 N–H and O–H groups in total. The molecule has 1 aromatic carbocycles. The Bertz CT molecular complexity index is 1070. The van der Waals surface area contributed by atoms with Crippen molar-refractivity contribution in [1.82, 2.24) is 9.80 Å². The maximum absolute atomic E-state index is 14.5. The molecule has 1 aromatic rings. The number of alkyl halides is 1. The Morgan fingerprint density at radius 3 is 2.63 bits per heavy atom. The van der Waals surface area contributed by atoms with E-state index in [1.807, 2.05) is 44.2 Å². The first kappa shape index (κ1) is 28.5. The minimum atomic E-state index is -1.22. The molecule has 206 valence electrons. The summed E-state index contributed by atoms with van der Waals surface area (Å²) in [6.45, 7) is 11.7. The van der Waals surface area contributed by atoms with Crippen LogP contribution in [0.2, 0.25) is 0 Å². The molecule has 8 atom stereocenters. The molecule has 2 bridgehead atoms. The van der Waals surface area contributed by atoms with E-state index in [9.17, 15) is 19.5 Å². The van der Waals surface area contributed by atoms with Crippen molar-refractivity contribution in [3.8, 4) is 0 Å². The number of rotatable bonds is 12. The zero-order valence-electron chi connectivity index (χ0n) is 22.0. The van der Waals surface area contributed by atoms with E-state index in [0.717, 1.165) is 5.56 Å². The molecule has 38 heavy (non-hydrogen) atoms. The fourth-order valence-corrected chi connectivity index (χ4v) is 7.33. The van der Waals surface area contributed by atoms with Crippen molar-refractivity contribution < 1.29 is 29.0 Å². The summed E-state index contributed by atoms with van der Waals surface area (Å²) in [5, 5.41) is 10.5. The summed E-state index contributed by atoms with van der Waals surface area (Å²) in [6, 6.07) is 8.00. The third-order valence-electron chi connectivity index (χ3n) is 8.30. The minimum Gasteiger partial charge on any atom is -0.461 e. The number of fused-ring (bicyclic) bond motifs is 1. The molecule has 4 rings (SSSR count). The second-order valence-corrected chi connectivity index (χ2v) is 11.6. The van der Waals surface area contributed by atoms with Gasteiger partial charge in [-0.15, -0.1) is 6.58 Å². The molecule has 9 heteroatoms. The zero-order chi connectivity index (χ0) is 27.6. The zero-order valence-corrected chi connectivity index (χ0v) is 23.6. The van der Waals surface area contributed by atoms with Gasteiger partial charge in [0.25, 0.3) is 0 Å². The lowest BCUT2D eigenvalue weighted by molar-refractivity contribution is -0.156. The highest BCUT2D eigenvalue weighted by molar-refractivity contribution is 9.09. The number of amides is 2. The van der Waals surface area contributed by atoms with Crippen LogP contribution < -0.4 is 0 Å². The number of carbonyl (C=O) groups is 3. The lowest BCUT2D eigenvalue weighted by Crippen LogP contribution is -2.59. The fourth-order valence-electron chi connectivity index (χ4n) is 6.39. The van der Waals surface area contributed by atoms with Gasteiger partial charge in [-0.1, -0.05) is 85.3 Å². The number of aliphatic hydroxyl groups is 1. The fraction of sp³-hybridized carbons (Fsp3) is 0.552. The quantitative estimate of drug-likeness (QED) is 0.229. The summed E-state index contributed by atoms with van der Waals surface area (Å²) in [4.78, 5) is 44.9. The van der Waals surface area contributed by atoms with E-state index >= 15 is 0 Å². The third kappa shape index (κ3) is 4.73. The van der Waals surface area contributed by atoms with Crippen molar-refractivity contribution in [3.63, 3.8) is 0 Å². The van der Waals surface area contributed by atoms with Crippen LogP contribution in [0.1, 0.15) is 32.3 Å². The van der Waals surface area contributed by atoms with Crippen LogP contribution in [0.5, 0.6) is 0 Å². The second-order valence-electron chi connectivity index (χ2n) is 10.5. The van der Waals surface area contributed by atoms with Crippen LogP contribution >= 0.6 is 15.9 Å². The van der Waals surface area contributed by atoms with Gasteiger partial charge in [0.2, 0.25) is 11.8 Å². The standard InChI is InChI=1S/C29H37BrN2O6/c1-5-13-31(16-19-11-9-8-10-12-19)27(35)25-29-15-20(30)24(38-29)22(28(36)37-14-6-2)23(29)26(34)32(25)21(17-33)18(4)7-3/h5-6,8-12,18,20-25,33H,1-2,7,13-17H2,3-4H3/t18-,20?,21-,22+,23-,24+,25?,29?/m0/s1. The number of nitrogens with zero attached hydrogens (tertiary/aromatic N) is 2. The van der Waals surface area contributed by atoms with Crippen LogP contribution in [0.4, 0.5) is 0 Å². The van der Waals surface area contributed by atoms with Crippen LogP contribution in [0.15, 0.2) is 55.6 Å². The number of carbonyl (C=O) groups excluding carboxylic acids is 3. The van der Waals surface area contributed by atoms with Gasteiger partial charge < -0.3 is 24.4 Å². The summed E-state index contributed by atoms with van der Waals surface area (Å²) in [7, 11) is 0. The molecule has 3 aliphatic rings. The van der Waals surface area contributed by atoms with Crippen molar-refractivity contribution in [2.45, 2.75) is 61.8 Å². The summed E-state index contributed by atoms with van der Waals surface area (Å²) in [5.74, 6) is -2.99. The number of likely N-dealkylation sites (tertiary alicyclic amines) is 1. The molecular formula is C29H37BrN2O6. The minimum absolute atomic E-state index is 0.0192. The van der Waals surface area contributed by atoms with Gasteiger partial charge in [0.15, 0.2) is 0 Å². The average molecular weight is 590 g/mol. The van der Waals surface area contributed by atoms with E-state index in [1.165, 1.54) is 11.0 Å². The predicted molar refractivity (Wildman–Crippen MR) is 146 cm³/mol. The van der Waals surface area contributed by atoms with Crippen molar-refractivity contribution in [1.29, 1.82) is 0 Å². The number of ether oxygens (including phenoxy) is 2. The molecule has 0 aliphatic carbocycles. The molecular weight excluding hydrogens is 552 g/mol. The number of halogens is 1. The second kappa shape index (κ2) is 11.7. The van der Waals surface area contributed by atoms with Gasteiger partial charge in [-0.05, 0) is 17.9 Å². The molecule has 0 radical (unpaired) electrons. The van der Waals surface area contributed by atoms with E-state index in [1.54, 1.807) is 11.0 Å². The van der Waals surface area contributed by atoms with E-state index in [-0.39, 0.29) is 42.3 Å². The summed E-state index contributed by atoms with van der Waals surface area (Å²) in [6.07, 6.45) is 3.62. The van der Waals surface area contributed by atoms with Crippen molar-refractivity contribution in [2.75, 3.05) is 19.8 Å². The Morgan fingerprint density at radius 2 is 2.03 bits per heavy atom. The van der Waals surface area contributed by atoms with Crippen LogP contribution in [0.3, 0.4) is 0 Å². The van der Waals surface area contributed by atoms with E-state index in [4.69, 9.17) is 9.47 Å². The number of esters is 1. The first-order valence-electron chi connectivity index (χ1n) is 13.2. The van der Waals surface area contributed by atoms with E-state index in [0.29, 0.717) is 19.4 Å². The molecule has 1 spiro atoms. The van der Waals surface area contributed by atoms with E-state index in [2.05, 4.69) is 29.1 Å². The van der Waals surface area contributed by atoms with Crippen LogP contribution in [0.25, 0.3) is 0 Å². The van der Waals surface area contributed by atoms with Gasteiger partial charge in [-0.3, -0.25) is 14.4 Å². The van der Waals surface area contributed by atoms with Crippen LogP contribution in [-0.4, -0.2) is 81.1 Å². The predicted octanol–water partition coefficient (Wildman–Crippen LogP) is 3.09. The summed E-state index contributed by atoms with van der Waals surface area (Å²) >= 11 is 3.67. The molecule has 2 amide bonds. The lowest BCUT2D eigenvalue weighted by Gasteiger charge is -2.41. The highest BCUT2D eigenvalue weighted by Gasteiger charge is 2.77. The Hall–Kier alpha value is -2.49. The lowest BCUT2D eigenvalue weighted by atomic mass is 9.70. The highest BCUT2D eigenvalue weighted by atomic mass is 79.9. The number of aliphatic hydroxyl groups excluding tert-OH is 1. The van der Waals surface area contributed by atoms with Gasteiger partial charge in [0.1, 0.15) is 18.2 Å². The Morgan fingerprint density at radius 1 is 1.32 bits per heavy atom.